The zero-order chi connectivity index (χ0) is 34.4. The van der Waals surface area contributed by atoms with E-state index in [2.05, 4.69) is 170 Å². The van der Waals surface area contributed by atoms with E-state index in [0.717, 1.165) is 38.6 Å². The number of rotatable bonds is 5. The van der Waals surface area contributed by atoms with Gasteiger partial charge >= 0.3 is 0 Å². The maximum absolute atomic E-state index is 5.18. The van der Waals surface area contributed by atoms with Crippen molar-refractivity contribution in [1.29, 1.82) is 0 Å². The molecule has 0 radical (unpaired) electrons. The largest absolute Gasteiger partial charge is 0.208 e. The van der Waals surface area contributed by atoms with Crippen LogP contribution in [0.5, 0.6) is 0 Å². The van der Waals surface area contributed by atoms with Crippen molar-refractivity contribution in [3.05, 3.63) is 188 Å². The molecule has 242 valence electrons. The van der Waals surface area contributed by atoms with E-state index >= 15 is 0 Å². The fourth-order valence-corrected chi connectivity index (χ4v) is 7.39. The van der Waals surface area contributed by atoms with Gasteiger partial charge < -0.3 is 0 Å². The number of nitrogens with zero attached hydrogens (tertiary/aromatic N) is 3. The average molecular weight is 662 g/mol. The topological polar surface area (TPSA) is 38.7 Å². The van der Waals surface area contributed by atoms with Crippen LogP contribution in [0, 0.1) is 0 Å². The Labute approximate surface area is 301 Å². The summed E-state index contributed by atoms with van der Waals surface area (Å²) >= 11 is 0. The van der Waals surface area contributed by atoms with Gasteiger partial charge in [-0.2, -0.15) is 0 Å². The van der Waals surface area contributed by atoms with E-state index in [-0.39, 0.29) is 0 Å². The first-order valence-electron chi connectivity index (χ1n) is 17.6. The van der Waals surface area contributed by atoms with E-state index < -0.39 is 0 Å². The van der Waals surface area contributed by atoms with Crippen molar-refractivity contribution in [2.75, 3.05) is 0 Å². The van der Waals surface area contributed by atoms with Gasteiger partial charge in [0, 0.05) is 16.7 Å². The van der Waals surface area contributed by atoms with Gasteiger partial charge in [0.05, 0.1) is 0 Å². The number of fused-ring (bicyclic) bond motifs is 5. The Balaban J connectivity index is 1.07. The third-order valence-corrected chi connectivity index (χ3v) is 10.1. The van der Waals surface area contributed by atoms with Gasteiger partial charge in [-0.05, 0) is 95.7 Å². The van der Waals surface area contributed by atoms with Crippen molar-refractivity contribution in [1.82, 2.24) is 15.0 Å². The molecule has 0 fully saturated rings. The Bertz CT molecular complexity index is 2970. The molecule has 0 amide bonds. The highest BCUT2D eigenvalue weighted by molar-refractivity contribution is 6.13. The molecule has 0 saturated carbocycles. The fraction of sp³-hybridized carbons (Fsp3) is 0. The van der Waals surface area contributed by atoms with Crippen molar-refractivity contribution >= 4 is 43.1 Å². The SMILES string of the molecule is c1ccc(-c2nc(-c3cccc(-c4ccc5cc(-c6ccc7ccccc7c6)ccc5c4)c3)nc(-c3cc4ccccc4c4ccccc34)n2)cc1. The van der Waals surface area contributed by atoms with Crippen LogP contribution >= 0.6 is 0 Å². The maximum Gasteiger partial charge on any atom is 0.164 e. The molecule has 3 nitrogen and oxygen atoms in total. The summed E-state index contributed by atoms with van der Waals surface area (Å²) in [5.74, 6) is 1.95. The summed E-state index contributed by atoms with van der Waals surface area (Å²) in [5, 5.41) is 9.59. The summed E-state index contributed by atoms with van der Waals surface area (Å²) in [4.78, 5) is 15.3. The minimum Gasteiger partial charge on any atom is -0.208 e. The lowest BCUT2D eigenvalue weighted by Gasteiger charge is -2.13. The summed E-state index contributed by atoms with van der Waals surface area (Å²) in [6.45, 7) is 0. The van der Waals surface area contributed by atoms with Crippen LogP contribution < -0.4 is 0 Å². The van der Waals surface area contributed by atoms with Crippen molar-refractivity contribution in [2.45, 2.75) is 0 Å². The predicted molar refractivity (Wildman–Crippen MR) is 217 cm³/mol. The number of aromatic nitrogens is 3. The molecule has 0 unspecified atom stereocenters. The van der Waals surface area contributed by atoms with E-state index in [1.807, 2.05) is 18.2 Å². The molecule has 1 aromatic heterocycles. The van der Waals surface area contributed by atoms with Crippen LogP contribution in [0.3, 0.4) is 0 Å². The van der Waals surface area contributed by atoms with E-state index in [1.54, 1.807) is 0 Å². The van der Waals surface area contributed by atoms with Crippen molar-refractivity contribution < 1.29 is 0 Å². The molecule has 1 heterocycles. The number of hydrogen-bond acceptors (Lipinski definition) is 3. The Morgan fingerprint density at radius 3 is 1.40 bits per heavy atom. The first-order chi connectivity index (χ1) is 25.7. The quantitative estimate of drug-likeness (QED) is 0.172. The molecular weight excluding hydrogens is 631 g/mol. The molecule has 52 heavy (non-hydrogen) atoms. The van der Waals surface area contributed by atoms with Gasteiger partial charge in [0.15, 0.2) is 17.5 Å². The minimum absolute atomic E-state index is 0.642. The molecule has 0 saturated heterocycles. The summed E-state index contributed by atoms with van der Waals surface area (Å²) in [5.41, 5.74) is 7.57. The molecule has 0 aliphatic rings. The number of benzene rings is 9. The van der Waals surface area contributed by atoms with Gasteiger partial charge in [-0.1, -0.05) is 158 Å². The van der Waals surface area contributed by atoms with E-state index in [9.17, 15) is 0 Å². The summed E-state index contributed by atoms with van der Waals surface area (Å²) < 4.78 is 0. The Morgan fingerprint density at radius 1 is 0.231 bits per heavy atom. The third kappa shape index (κ3) is 5.37. The molecule has 0 aliphatic carbocycles. The lowest BCUT2D eigenvalue weighted by Crippen LogP contribution is -2.01. The van der Waals surface area contributed by atoms with Crippen LogP contribution in [0.2, 0.25) is 0 Å². The fourth-order valence-electron chi connectivity index (χ4n) is 7.39. The van der Waals surface area contributed by atoms with Gasteiger partial charge in [-0.25, -0.2) is 15.0 Å². The van der Waals surface area contributed by atoms with Crippen LogP contribution in [-0.4, -0.2) is 15.0 Å². The van der Waals surface area contributed by atoms with Crippen LogP contribution in [0.15, 0.2) is 188 Å². The van der Waals surface area contributed by atoms with Crippen molar-refractivity contribution in [2.24, 2.45) is 0 Å². The zero-order valence-corrected chi connectivity index (χ0v) is 28.2. The third-order valence-electron chi connectivity index (χ3n) is 10.1. The Morgan fingerprint density at radius 2 is 0.692 bits per heavy atom. The molecule has 0 spiro atoms. The van der Waals surface area contributed by atoms with Crippen molar-refractivity contribution in [3.63, 3.8) is 0 Å². The smallest absolute Gasteiger partial charge is 0.164 e. The summed E-state index contributed by atoms with van der Waals surface area (Å²) in [6.07, 6.45) is 0. The second-order valence-corrected chi connectivity index (χ2v) is 13.3. The van der Waals surface area contributed by atoms with Gasteiger partial charge in [0.25, 0.3) is 0 Å². The highest BCUT2D eigenvalue weighted by Gasteiger charge is 2.16. The second kappa shape index (κ2) is 12.4. The second-order valence-electron chi connectivity index (χ2n) is 13.3. The zero-order valence-electron chi connectivity index (χ0n) is 28.2. The van der Waals surface area contributed by atoms with Crippen molar-refractivity contribution in [3.8, 4) is 56.4 Å². The van der Waals surface area contributed by atoms with Gasteiger partial charge in [0.2, 0.25) is 0 Å². The predicted octanol–water partition coefficient (Wildman–Crippen LogP) is 12.8. The van der Waals surface area contributed by atoms with Crippen LogP contribution in [0.25, 0.3) is 99.5 Å². The maximum atomic E-state index is 5.18. The van der Waals surface area contributed by atoms with E-state index in [1.165, 1.54) is 43.4 Å². The van der Waals surface area contributed by atoms with Gasteiger partial charge in [0.1, 0.15) is 0 Å². The molecule has 9 aromatic carbocycles. The van der Waals surface area contributed by atoms with Crippen LogP contribution in [0.1, 0.15) is 0 Å². The lowest BCUT2D eigenvalue weighted by molar-refractivity contribution is 1.08. The highest BCUT2D eigenvalue weighted by atomic mass is 15.0. The lowest BCUT2D eigenvalue weighted by atomic mass is 9.96. The van der Waals surface area contributed by atoms with E-state index in [4.69, 9.17) is 15.0 Å². The van der Waals surface area contributed by atoms with Gasteiger partial charge in [-0.15, -0.1) is 0 Å². The van der Waals surface area contributed by atoms with Crippen LogP contribution in [-0.2, 0) is 0 Å². The molecule has 0 N–H and O–H groups in total. The molecule has 10 rings (SSSR count). The average Bonchev–Trinajstić information content (AvgIpc) is 3.23. The highest BCUT2D eigenvalue weighted by Crippen LogP contribution is 2.36. The van der Waals surface area contributed by atoms with Crippen LogP contribution in [0.4, 0.5) is 0 Å². The first kappa shape index (κ1) is 29.9. The molecule has 10 aromatic rings. The summed E-state index contributed by atoms with van der Waals surface area (Å²) in [6, 6.07) is 66.6. The molecular formula is C49H31N3. The molecule has 3 heteroatoms. The standard InChI is InChI=1S/C49H31N3/c1-2-12-33(13-3-1)47-50-48(52-49(51-47)46-31-41-15-6-7-18-43(41)44-19-8-9-20-45(44)46)42-17-10-16-35(30-42)36-23-24-40-29-39(26-25-38(40)28-36)37-22-21-32-11-4-5-14-34(32)27-37/h1-31H. The Kier molecular flexibility index (Phi) is 7.14. The molecule has 0 aliphatic heterocycles. The normalized spacial score (nSPS) is 11.5. The molecule has 0 atom stereocenters. The Hall–Kier alpha value is -6.97. The van der Waals surface area contributed by atoms with Gasteiger partial charge in [-0.3, -0.25) is 0 Å². The number of hydrogen-bond donors (Lipinski definition) is 0. The monoisotopic (exact) mass is 661 g/mol. The first-order valence-corrected chi connectivity index (χ1v) is 17.6. The summed E-state index contributed by atoms with van der Waals surface area (Å²) in [7, 11) is 0. The minimum atomic E-state index is 0.642. The molecule has 0 bridgehead atoms. The van der Waals surface area contributed by atoms with E-state index in [0.29, 0.717) is 17.5 Å².